The molecule has 1 aliphatic carbocycles. The number of hydrogen-bond acceptors (Lipinski definition) is 6. The number of nitrogens with zero attached hydrogens (tertiary/aromatic N) is 5. The number of carbonyl (C=O) groups excluding carboxylic acids is 2. The Kier molecular flexibility index (Phi) is 8.35. The Labute approximate surface area is 235 Å². The minimum Gasteiger partial charge on any atom is -0.497 e. The molecule has 1 fully saturated rings. The largest absolute Gasteiger partial charge is 0.497 e. The highest BCUT2D eigenvalue weighted by Crippen LogP contribution is 2.31. The zero-order chi connectivity index (χ0) is 28.1. The molecule has 4 aromatic rings. The molecule has 2 amide bonds. The monoisotopic (exact) mass is 562 g/mol. The van der Waals surface area contributed by atoms with Gasteiger partial charge in [0.15, 0.2) is 0 Å². The zero-order valence-corrected chi connectivity index (χ0v) is 22.6. The van der Waals surface area contributed by atoms with Gasteiger partial charge in [0.2, 0.25) is 11.7 Å². The summed E-state index contributed by atoms with van der Waals surface area (Å²) in [5, 5.41) is 16.2. The van der Waals surface area contributed by atoms with Crippen LogP contribution in [-0.2, 0) is 16.1 Å². The molecule has 9 nitrogen and oxygen atoms in total. The fraction of sp³-hybridized carbons (Fsp3) is 0.276. The molecule has 0 aliphatic heterocycles. The summed E-state index contributed by atoms with van der Waals surface area (Å²) in [5.74, 6) is -0.329. The number of aromatic nitrogens is 4. The van der Waals surface area contributed by atoms with E-state index in [1.807, 2.05) is 0 Å². The van der Waals surface area contributed by atoms with E-state index in [1.165, 1.54) is 34.0 Å². The van der Waals surface area contributed by atoms with Gasteiger partial charge in [-0.15, -0.1) is 10.2 Å². The van der Waals surface area contributed by atoms with Crippen LogP contribution in [0.15, 0.2) is 72.8 Å². The molecule has 0 saturated heterocycles. The van der Waals surface area contributed by atoms with Crippen molar-refractivity contribution in [2.24, 2.45) is 0 Å². The third-order valence-electron chi connectivity index (χ3n) is 6.85. The number of nitrogens with one attached hydrogen (secondary N) is 1. The number of tetrazole rings is 1. The Bertz CT molecular complexity index is 1450. The topological polar surface area (TPSA) is 102 Å². The number of anilines is 1. The van der Waals surface area contributed by atoms with Gasteiger partial charge in [-0.25, -0.2) is 4.39 Å². The summed E-state index contributed by atoms with van der Waals surface area (Å²) in [6.07, 6.45) is 3.80. The van der Waals surface area contributed by atoms with Crippen molar-refractivity contribution in [3.8, 4) is 17.1 Å². The maximum absolute atomic E-state index is 14.0. The van der Waals surface area contributed by atoms with Gasteiger partial charge in [-0.05, 0) is 84.3 Å². The van der Waals surface area contributed by atoms with Crippen molar-refractivity contribution in [2.45, 2.75) is 44.3 Å². The van der Waals surface area contributed by atoms with E-state index < -0.39 is 17.8 Å². The van der Waals surface area contributed by atoms with Crippen molar-refractivity contribution in [1.82, 2.24) is 25.5 Å². The van der Waals surface area contributed by atoms with E-state index >= 15 is 0 Å². The zero-order valence-electron chi connectivity index (χ0n) is 21.8. The first-order valence-electron chi connectivity index (χ1n) is 13.0. The fourth-order valence-corrected chi connectivity index (χ4v) is 4.94. The standard InChI is InChI=1S/C29H28ClFN6O3/c1-40-25-16-14-24(15-17-25)37(26(38)18-36-34-28(33-35-36)20-6-10-21(30)11-7-20)27(19-8-12-22(31)13-9-19)29(39)32-23-4-2-3-5-23/h6-17,23,27H,2-5,18H2,1H3,(H,32,39)/t27-/m1/s1. The van der Waals surface area contributed by atoms with Crippen LogP contribution in [0.5, 0.6) is 5.75 Å². The molecule has 0 bridgehead atoms. The Hall–Kier alpha value is -4.31. The Balaban J connectivity index is 1.50. The highest BCUT2D eigenvalue weighted by molar-refractivity contribution is 6.30. The fourth-order valence-electron chi connectivity index (χ4n) is 4.81. The number of ether oxygens (including phenoxy) is 1. The molecule has 206 valence electrons. The van der Waals surface area contributed by atoms with Gasteiger partial charge in [0, 0.05) is 22.3 Å². The lowest BCUT2D eigenvalue weighted by Crippen LogP contribution is -2.47. The Morgan fingerprint density at radius 1 is 1.05 bits per heavy atom. The van der Waals surface area contributed by atoms with E-state index in [9.17, 15) is 14.0 Å². The molecule has 0 unspecified atom stereocenters. The molecule has 0 spiro atoms. The van der Waals surface area contributed by atoms with Crippen LogP contribution in [-0.4, -0.2) is 45.2 Å². The number of carbonyl (C=O) groups is 2. The van der Waals surface area contributed by atoms with Crippen LogP contribution >= 0.6 is 11.6 Å². The molecule has 1 saturated carbocycles. The van der Waals surface area contributed by atoms with Crippen LogP contribution in [0.25, 0.3) is 11.4 Å². The summed E-state index contributed by atoms with van der Waals surface area (Å²) in [5.41, 5.74) is 1.62. The molecular weight excluding hydrogens is 535 g/mol. The van der Waals surface area contributed by atoms with Crippen LogP contribution in [0.3, 0.4) is 0 Å². The van der Waals surface area contributed by atoms with Gasteiger partial charge in [-0.3, -0.25) is 14.5 Å². The van der Waals surface area contributed by atoms with E-state index in [0.29, 0.717) is 33.4 Å². The molecule has 1 heterocycles. The van der Waals surface area contributed by atoms with Crippen LogP contribution in [0.2, 0.25) is 5.02 Å². The summed E-state index contributed by atoms with van der Waals surface area (Å²) < 4.78 is 19.2. The van der Waals surface area contributed by atoms with E-state index in [1.54, 1.807) is 55.6 Å². The van der Waals surface area contributed by atoms with Crippen LogP contribution < -0.4 is 15.0 Å². The van der Waals surface area contributed by atoms with Crippen molar-refractivity contribution in [3.63, 3.8) is 0 Å². The molecule has 3 aromatic carbocycles. The van der Waals surface area contributed by atoms with E-state index in [-0.39, 0.29) is 18.5 Å². The first-order chi connectivity index (χ1) is 19.4. The molecule has 0 radical (unpaired) electrons. The maximum atomic E-state index is 14.0. The highest BCUT2D eigenvalue weighted by Gasteiger charge is 2.35. The second kappa shape index (κ2) is 12.3. The molecule has 11 heteroatoms. The predicted molar refractivity (Wildman–Crippen MR) is 148 cm³/mol. The number of amides is 2. The Morgan fingerprint density at radius 3 is 2.38 bits per heavy atom. The molecule has 1 atom stereocenters. The van der Waals surface area contributed by atoms with Gasteiger partial charge >= 0.3 is 0 Å². The number of benzene rings is 3. The maximum Gasteiger partial charge on any atom is 0.251 e. The number of hydrogen-bond donors (Lipinski definition) is 1. The number of halogens is 2. The van der Waals surface area contributed by atoms with E-state index in [2.05, 4.69) is 20.7 Å². The van der Waals surface area contributed by atoms with Crippen molar-refractivity contribution in [1.29, 1.82) is 0 Å². The normalized spacial score (nSPS) is 14.1. The SMILES string of the molecule is COc1ccc(N(C(=O)Cn2nnc(-c3ccc(Cl)cc3)n2)[C@@H](C(=O)NC2CCCC2)c2ccc(F)cc2)cc1. The molecule has 1 aliphatic rings. The van der Waals surface area contributed by atoms with Gasteiger partial charge in [0.25, 0.3) is 5.91 Å². The lowest BCUT2D eigenvalue weighted by molar-refractivity contribution is -0.127. The molecule has 40 heavy (non-hydrogen) atoms. The second-order valence-electron chi connectivity index (χ2n) is 9.56. The summed E-state index contributed by atoms with van der Waals surface area (Å²) in [6, 6.07) is 18.3. The summed E-state index contributed by atoms with van der Waals surface area (Å²) >= 11 is 5.98. The summed E-state index contributed by atoms with van der Waals surface area (Å²) in [4.78, 5) is 30.4. The first kappa shape index (κ1) is 27.3. The van der Waals surface area contributed by atoms with E-state index in [4.69, 9.17) is 16.3 Å². The van der Waals surface area contributed by atoms with Gasteiger partial charge in [-0.1, -0.05) is 36.6 Å². The minimum atomic E-state index is -1.07. The lowest BCUT2D eigenvalue weighted by atomic mass is 10.0. The van der Waals surface area contributed by atoms with Gasteiger partial charge in [-0.2, -0.15) is 4.80 Å². The first-order valence-corrected chi connectivity index (χ1v) is 13.3. The predicted octanol–water partition coefficient (Wildman–Crippen LogP) is 4.97. The van der Waals surface area contributed by atoms with Crippen molar-refractivity contribution >= 4 is 29.1 Å². The van der Waals surface area contributed by atoms with Crippen LogP contribution in [0, 0.1) is 5.82 Å². The molecular formula is C29H28ClFN6O3. The average molecular weight is 563 g/mol. The molecule has 1 aromatic heterocycles. The van der Waals surface area contributed by atoms with Crippen LogP contribution in [0.1, 0.15) is 37.3 Å². The second-order valence-corrected chi connectivity index (χ2v) is 9.99. The van der Waals surface area contributed by atoms with Crippen molar-refractivity contribution in [2.75, 3.05) is 12.0 Å². The van der Waals surface area contributed by atoms with E-state index in [0.717, 1.165) is 25.7 Å². The lowest BCUT2D eigenvalue weighted by Gasteiger charge is -2.32. The van der Waals surface area contributed by atoms with Crippen molar-refractivity contribution in [3.05, 3.63) is 89.2 Å². The number of methoxy groups -OCH3 is 1. The minimum absolute atomic E-state index is 0.0159. The third kappa shape index (κ3) is 6.28. The smallest absolute Gasteiger partial charge is 0.251 e. The van der Waals surface area contributed by atoms with Gasteiger partial charge in [0.1, 0.15) is 24.2 Å². The van der Waals surface area contributed by atoms with Crippen molar-refractivity contribution < 1.29 is 18.7 Å². The quantitative estimate of drug-likeness (QED) is 0.309. The van der Waals surface area contributed by atoms with Gasteiger partial charge in [0.05, 0.1) is 7.11 Å². The van der Waals surface area contributed by atoms with Gasteiger partial charge < -0.3 is 10.1 Å². The highest BCUT2D eigenvalue weighted by atomic mass is 35.5. The summed E-state index contributed by atoms with van der Waals surface area (Å²) in [7, 11) is 1.54. The Morgan fingerprint density at radius 2 is 1.73 bits per heavy atom. The average Bonchev–Trinajstić information content (AvgIpc) is 3.65. The molecule has 1 N–H and O–H groups in total. The number of rotatable bonds is 9. The summed E-state index contributed by atoms with van der Waals surface area (Å²) in [6.45, 7) is -0.291. The molecule has 5 rings (SSSR count). The third-order valence-corrected chi connectivity index (χ3v) is 7.10. The van der Waals surface area contributed by atoms with Crippen LogP contribution in [0.4, 0.5) is 10.1 Å².